The Labute approximate surface area is 76.9 Å². The molecule has 0 amide bonds. The molecule has 0 aromatic heterocycles. The largest absolute Gasteiger partial charge is 0.238 e. The third kappa shape index (κ3) is 2.05. The summed E-state index contributed by atoms with van der Waals surface area (Å²) in [6.07, 6.45) is 0. The minimum Gasteiger partial charge on any atom is -0.238 e. The second-order valence-corrected chi connectivity index (χ2v) is 4.17. The predicted octanol–water partition coefficient (Wildman–Crippen LogP) is 1.19. The Kier molecular flexibility index (Phi) is 2.36. The average Bonchev–Trinajstić information content (AvgIpc) is 2.02. The lowest BCUT2D eigenvalue weighted by molar-refractivity contribution is 0.597. The molecule has 2 N–H and O–H groups in total. The zero-order valence-electron chi connectivity index (χ0n) is 6.98. The van der Waals surface area contributed by atoms with E-state index in [4.69, 9.17) is 11.7 Å². The summed E-state index contributed by atoms with van der Waals surface area (Å²) in [5.74, 6) is 0. The summed E-state index contributed by atoms with van der Waals surface area (Å²) < 4.78 is 21.8. The van der Waals surface area contributed by atoms with Crippen LogP contribution >= 0.6 is 0 Å². The van der Waals surface area contributed by atoms with Crippen LogP contribution in [0.25, 0.3) is 4.85 Å². The molecule has 4 nitrogen and oxygen atoms in total. The van der Waals surface area contributed by atoms with E-state index in [1.807, 2.05) is 0 Å². The fraction of sp³-hybridized carbons (Fsp3) is 0.125. The van der Waals surface area contributed by atoms with Crippen LogP contribution in [0.3, 0.4) is 0 Å². The van der Waals surface area contributed by atoms with Gasteiger partial charge in [0.25, 0.3) is 0 Å². The lowest BCUT2D eigenvalue weighted by atomic mass is 10.2. The van der Waals surface area contributed by atoms with E-state index in [0.717, 1.165) is 0 Å². The zero-order chi connectivity index (χ0) is 10.1. The Balaban J connectivity index is 3.36. The first-order chi connectivity index (χ1) is 5.95. The molecule has 0 bridgehead atoms. The number of primary sulfonamides is 1. The average molecular weight is 196 g/mol. The highest BCUT2D eigenvalue weighted by atomic mass is 32.2. The van der Waals surface area contributed by atoms with E-state index in [9.17, 15) is 8.42 Å². The first kappa shape index (κ1) is 9.71. The van der Waals surface area contributed by atoms with Crippen LogP contribution in [0.5, 0.6) is 0 Å². The van der Waals surface area contributed by atoms with E-state index >= 15 is 0 Å². The molecule has 0 fully saturated rings. The predicted molar refractivity (Wildman–Crippen MR) is 48.8 cm³/mol. The summed E-state index contributed by atoms with van der Waals surface area (Å²) in [7, 11) is -3.65. The molecule has 0 heterocycles. The smallest absolute Gasteiger partial charge is 0.237 e. The van der Waals surface area contributed by atoms with Crippen molar-refractivity contribution in [2.75, 3.05) is 0 Å². The third-order valence-electron chi connectivity index (χ3n) is 1.62. The highest BCUT2D eigenvalue weighted by Crippen LogP contribution is 2.21. The molecule has 0 spiro atoms. The van der Waals surface area contributed by atoms with E-state index in [0.29, 0.717) is 11.3 Å². The molecule has 0 aliphatic carbocycles. The number of hydrogen-bond donors (Lipinski definition) is 1. The second-order valence-electron chi connectivity index (χ2n) is 2.61. The highest BCUT2D eigenvalue weighted by Gasteiger charge is 2.08. The van der Waals surface area contributed by atoms with Crippen molar-refractivity contribution < 1.29 is 8.42 Å². The van der Waals surface area contributed by atoms with Crippen molar-refractivity contribution in [2.45, 2.75) is 11.8 Å². The first-order valence-corrected chi connectivity index (χ1v) is 5.00. The summed E-state index contributed by atoms with van der Waals surface area (Å²) in [5, 5.41) is 4.91. The lowest BCUT2D eigenvalue weighted by Gasteiger charge is -2.00. The number of nitrogens with two attached hydrogens (primary N) is 1. The Hall–Kier alpha value is -1.38. The van der Waals surface area contributed by atoms with Gasteiger partial charge in [-0.2, -0.15) is 0 Å². The van der Waals surface area contributed by atoms with Crippen LogP contribution in [-0.2, 0) is 10.0 Å². The summed E-state index contributed by atoms with van der Waals surface area (Å²) in [4.78, 5) is 3.25. The minimum absolute atomic E-state index is 0.0393. The van der Waals surface area contributed by atoms with Gasteiger partial charge in [-0.05, 0) is 18.6 Å². The molecule has 1 aromatic rings. The summed E-state index contributed by atoms with van der Waals surface area (Å²) in [6.45, 7) is 8.42. The molecular weight excluding hydrogens is 188 g/mol. The van der Waals surface area contributed by atoms with Crippen molar-refractivity contribution in [2.24, 2.45) is 5.14 Å². The van der Waals surface area contributed by atoms with Gasteiger partial charge in [0, 0.05) is 0 Å². The van der Waals surface area contributed by atoms with Crippen LogP contribution < -0.4 is 5.14 Å². The molecule has 68 valence electrons. The molecule has 0 unspecified atom stereocenters. The van der Waals surface area contributed by atoms with E-state index in [1.54, 1.807) is 6.92 Å². The van der Waals surface area contributed by atoms with Gasteiger partial charge in [0.05, 0.1) is 11.5 Å². The number of sulfonamides is 1. The van der Waals surface area contributed by atoms with Crippen LogP contribution in [0.15, 0.2) is 23.1 Å². The van der Waals surface area contributed by atoms with Crippen LogP contribution in [0, 0.1) is 13.5 Å². The maximum Gasteiger partial charge on any atom is 0.237 e. The molecule has 0 radical (unpaired) electrons. The molecule has 13 heavy (non-hydrogen) atoms. The maximum absolute atomic E-state index is 10.9. The fourth-order valence-corrected chi connectivity index (χ4v) is 1.53. The summed E-state index contributed by atoms with van der Waals surface area (Å²) >= 11 is 0. The van der Waals surface area contributed by atoms with Crippen molar-refractivity contribution >= 4 is 15.7 Å². The van der Waals surface area contributed by atoms with E-state index in [1.165, 1.54) is 18.2 Å². The van der Waals surface area contributed by atoms with Gasteiger partial charge in [-0.1, -0.05) is 12.1 Å². The number of aryl methyl sites for hydroxylation is 1. The Morgan fingerprint density at radius 1 is 1.46 bits per heavy atom. The van der Waals surface area contributed by atoms with Crippen molar-refractivity contribution in [3.63, 3.8) is 0 Å². The SMILES string of the molecule is [C-]#[N+]c1ccc(S(N)(=O)=O)cc1C. The number of rotatable bonds is 1. The van der Waals surface area contributed by atoms with Gasteiger partial charge in [-0.25, -0.2) is 18.4 Å². The van der Waals surface area contributed by atoms with Gasteiger partial charge in [-0.15, -0.1) is 0 Å². The topological polar surface area (TPSA) is 64.5 Å². The molecular formula is C8H8N2O2S. The molecule has 0 saturated heterocycles. The number of benzene rings is 1. The lowest BCUT2D eigenvalue weighted by Crippen LogP contribution is -2.11. The molecule has 0 atom stereocenters. The van der Waals surface area contributed by atoms with Crippen LogP contribution in [0.4, 0.5) is 5.69 Å². The van der Waals surface area contributed by atoms with Crippen LogP contribution in [-0.4, -0.2) is 8.42 Å². The molecule has 1 aromatic carbocycles. The van der Waals surface area contributed by atoms with Gasteiger partial charge >= 0.3 is 0 Å². The molecule has 5 heteroatoms. The van der Waals surface area contributed by atoms with Crippen molar-refractivity contribution in [3.05, 3.63) is 35.2 Å². The van der Waals surface area contributed by atoms with Gasteiger partial charge in [0.1, 0.15) is 0 Å². The number of nitrogens with zero attached hydrogens (tertiary/aromatic N) is 1. The van der Waals surface area contributed by atoms with Crippen molar-refractivity contribution in [1.29, 1.82) is 0 Å². The summed E-state index contributed by atoms with van der Waals surface area (Å²) in [6, 6.07) is 4.17. The van der Waals surface area contributed by atoms with Gasteiger partial charge < -0.3 is 0 Å². The van der Waals surface area contributed by atoms with E-state index < -0.39 is 10.0 Å². The first-order valence-electron chi connectivity index (χ1n) is 3.46. The molecule has 1 rings (SSSR count). The zero-order valence-corrected chi connectivity index (χ0v) is 7.80. The van der Waals surface area contributed by atoms with Gasteiger partial charge in [0.15, 0.2) is 5.69 Å². The van der Waals surface area contributed by atoms with Gasteiger partial charge in [0.2, 0.25) is 10.0 Å². The van der Waals surface area contributed by atoms with Crippen LogP contribution in [0.2, 0.25) is 0 Å². The second kappa shape index (κ2) is 3.17. The Morgan fingerprint density at radius 3 is 2.46 bits per heavy atom. The molecule has 0 saturated carbocycles. The quantitative estimate of drug-likeness (QED) is 0.686. The fourth-order valence-electron chi connectivity index (χ4n) is 0.930. The number of hydrogen-bond acceptors (Lipinski definition) is 2. The summed E-state index contributed by atoms with van der Waals surface area (Å²) in [5.41, 5.74) is 1.05. The van der Waals surface area contributed by atoms with Crippen molar-refractivity contribution in [3.8, 4) is 0 Å². The maximum atomic E-state index is 10.9. The minimum atomic E-state index is -3.65. The molecule has 0 aliphatic heterocycles. The third-order valence-corrected chi connectivity index (χ3v) is 2.53. The Morgan fingerprint density at radius 2 is 2.08 bits per heavy atom. The van der Waals surface area contributed by atoms with Crippen molar-refractivity contribution in [1.82, 2.24) is 0 Å². The van der Waals surface area contributed by atoms with Gasteiger partial charge in [-0.3, -0.25) is 0 Å². The Bertz CT molecular complexity index is 471. The molecule has 0 aliphatic rings. The van der Waals surface area contributed by atoms with E-state index in [-0.39, 0.29) is 4.90 Å². The highest BCUT2D eigenvalue weighted by molar-refractivity contribution is 7.89. The monoisotopic (exact) mass is 196 g/mol. The normalized spacial score (nSPS) is 10.8. The van der Waals surface area contributed by atoms with Crippen LogP contribution in [0.1, 0.15) is 5.56 Å². The standard InChI is InChI=1S/C8H8N2O2S/c1-6-5-7(13(9,11)12)3-4-8(6)10-2/h3-5H,1H3,(H2,9,11,12). The van der Waals surface area contributed by atoms with E-state index in [2.05, 4.69) is 4.85 Å².